The van der Waals surface area contributed by atoms with Crippen LogP contribution in [0.3, 0.4) is 0 Å². The summed E-state index contributed by atoms with van der Waals surface area (Å²) in [7, 11) is 1.44. The summed E-state index contributed by atoms with van der Waals surface area (Å²) in [5, 5.41) is 1.13. The lowest BCUT2D eigenvalue weighted by Crippen LogP contribution is -2.42. The smallest absolute Gasteiger partial charge is 0.323 e. The van der Waals surface area contributed by atoms with Crippen molar-refractivity contribution in [2.24, 2.45) is 11.8 Å². The van der Waals surface area contributed by atoms with Gasteiger partial charge in [0, 0.05) is 48.4 Å². The van der Waals surface area contributed by atoms with Crippen LogP contribution < -0.4 is 0 Å². The summed E-state index contributed by atoms with van der Waals surface area (Å²) in [4.78, 5) is 30.8. The number of methoxy groups -OCH3 is 1. The zero-order chi connectivity index (χ0) is 19.7. The number of ketones is 1. The molecule has 1 fully saturated rings. The molecule has 2 heterocycles. The fourth-order valence-corrected chi connectivity index (χ4v) is 4.72. The summed E-state index contributed by atoms with van der Waals surface area (Å²) in [6.07, 6.45) is 7.77. The molecule has 0 bridgehead atoms. The summed E-state index contributed by atoms with van der Waals surface area (Å²) in [5.41, 5.74) is 3.18. The predicted molar refractivity (Wildman–Crippen MR) is 109 cm³/mol. The van der Waals surface area contributed by atoms with E-state index in [4.69, 9.17) is 4.74 Å². The van der Waals surface area contributed by atoms with Gasteiger partial charge < -0.3 is 9.72 Å². The van der Waals surface area contributed by atoms with Crippen LogP contribution in [0.2, 0.25) is 0 Å². The van der Waals surface area contributed by atoms with E-state index >= 15 is 0 Å². The van der Waals surface area contributed by atoms with Crippen molar-refractivity contribution >= 4 is 22.7 Å². The first-order chi connectivity index (χ1) is 13.6. The quantitative estimate of drug-likeness (QED) is 0.747. The molecule has 2 aliphatic rings. The Hall–Kier alpha value is -2.40. The molecule has 0 unspecified atom stereocenters. The lowest BCUT2D eigenvalue weighted by molar-refractivity contribution is -0.146. The van der Waals surface area contributed by atoms with Gasteiger partial charge in [-0.15, -0.1) is 0 Å². The number of H-pyrrole nitrogens is 1. The number of allylic oxidation sites excluding steroid dienone is 1. The van der Waals surface area contributed by atoms with Crippen LogP contribution in [0.15, 0.2) is 42.1 Å². The number of hydrogen-bond donors (Lipinski definition) is 1. The molecule has 4 rings (SSSR count). The minimum absolute atomic E-state index is 0.00183. The molecular weight excluding hydrogens is 352 g/mol. The van der Waals surface area contributed by atoms with Gasteiger partial charge in [-0.1, -0.05) is 37.6 Å². The third kappa shape index (κ3) is 3.39. The highest BCUT2D eigenvalue weighted by molar-refractivity contribution is 6.00. The van der Waals surface area contributed by atoms with Crippen molar-refractivity contribution in [2.45, 2.75) is 38.6 Å². The Labute approximate surface area is 165 Å². The highest BCUT2D eigenvalue weighted by Gasteiger charge is 2.45. The molecule has 1 saturated heterocycles. The molecule has 3 atom stereocenters. The molecule has 1 aromatic heterocycles. The second-order valence-corrected chi connectivity index (χ2v) is 7.99. The van der Waals surface area contributed by atoms with E-state index in [1.807, 2.05) is 24.4 Å². The number of esters is 1. The van der Waals surface area contributed by atoms with Crippen molar-refractivity contribution in [3.63, 3.8) is 0 Å². The SMILES string of the molecule is CCCCC1=C[C@@H]2CN([C@@H](Cc3c[nH]c4ccccc34)C(=O)OC)C[C@@H]2C1=O. The Balaban J connectivity index is 1.53. The third-order valence-corrected chi connectivity index (χ3v) is 6.26. The first-order valence-corrected chi connectivity index (χ1v) is 10.2. The van der Waals surface area contributed by atoms with Gasteiger partial charge in [0.25, 0.3) is 0 Å². The van der Waals surface area contributed by atoms with Crippen molar-refractivity contribution in [3.8, 4) is 0 Å². The largest absolute Gasteiger partial charge is 0.468 e. The van der Waals surface area contributed by atoms with Crippen LogP contribution in [-0.4, -0.2) is 47.9 Å². The molecule has 0 radical (unpaired) electrons. The Morgan fingerprint density at radius 1 is 1.32 bits per heavy atom. The van der Waals surface area contributed by atoms with E-state index < -0.39 is 0 Å². The maximum Gasteiger partial charge on any atom is 0.323 e. The number of nitrogens with one attached hydrogen (secondary N) is 1. The predicted octanol–water partition coefficient (Wildman–Crippen LogP) is 3.50. The highest BCUT2D eigenvalue weighted by atomic mass is 16.5. The average Bonchev–Trinajstić information content (AvgIpc) is 3.39. The summed E-state index contributed by atoms with van der Waals surface area (Å²) in [6.45, 7) is 3.53. The lowest BCUT2D eigenvalue weighted by Gasteiger charge is -2.26. The summed E-state index contributed by atoms with van der Waals surface area (Å²) in [5.74, 6) is 0.293. The standard InChI is InChI=1S/C23H28N2O3/c1-3-4-7-15-10-17-13-25(14-19(17)22(15)26)21(23(27)28-2)11-16-12-24-20-9-6-5-8-18(16)20/h5-6,8-10,12,17,19,21,24H,3-4,7,11,13-14H2,1-2H3/t17-,19+,21+/m1/s1. The van der Waals surface area contributed by atoms with Crippen LogP contribution >= 0.6 is 0 Å². The van der Waals surface area contributed by atoms with Crippen LogP contribution in [0.5, 0.6) is 0 Å². The maximum atomic E-state index is 12.8. The molecule has 148 valence electrons. The van der Waals surface area contributed by atoms with Gasteiger partial charge >= 0.3 is 5.97 Å². The van der Waals surface area contributed by atoms with E-state index in [1.165, 1.54) is 7.11 Å². The molecule has 5 nitrogen and oxygen atoms in total. The van der Waals surface area contributed by atoms with E-state index in [2.05, 4.69) is 29.0 Å². The Bertz CT molecular complexity index is 913. The van der Waals surface area contributed by atoms with Gasteiger partial charge in [0.15, 0.2) is 5.78 Å². The third-order valence-electron chi connectivity index (χ3n) is 6.26. The molecule has 5 heteroatoms. The number of rotatable bonds is 7. The number of benzene rings is 1. The van der Waals surface area contributed by atoms with Gasteiger partial charge in [-0.3, -0.25) is 14.5 Å². The van der Waals surface area contributed by atoms with E-state index in [0.717, 1.165) is 47.8 Å². The van der Waals surface area contributed by atoms with Crippen molar-refractivity contribution in [2.75, 3.05) is 20.2 Å². The number of ether oxygens (including phenoxy) is 1. The van der Waals surface area contributed by atoms with Crippen molar-refractivity contribution < 1.29 is 14.3 Å². The van der Waals surface area contributed by atoms with Crippen molar-refractivity contribution in [1.82, 2.24) is 9.88 Å². The number of fused-ring (bicyclic) bond motifs is 2. The van der Waals surface area contributed by atoms with Gasteiger partial charge in [0.2, 0.25) is 0 Å². The number of Topliss-reactive ketones (excluding diaryl/α,β-unsaturated/α-hetero) is 1. The molecule has 0 amide bonds. The molecule has 1 aromatic carbocycles. The van der Waals surface area contributed by atoms with Crippen LogP contribution in [0.25, 0.3) is 10.9 Å². The summed E-state index contributed by atoms with van der Waals surface area (Å²) in [6, 6.07) is 7.74. The number of aromatic nitrogens is 1. The molecule has 1 aliphatic heterocycles. The molecule has 28 heavy (non-hydrogen) atoms. The van der Waals surface area contributed by atoms with Gasteiger partial charge in [0.05, 0.1) is 7.11 Å². The number of likely N-dealkylation sites (tertiary alicyclic amines) is 1. The van der Waals surface area contributed by atoms with Gasteiger partial charge in [0.1, 0.15) is 6.04 Å². The van der Waals surface area contributed by atoms with Crippen LogP contribution in [-0.2, 0) is 20.7 Å². The number of hydrogen-bond acceptors (Lipinski definition) is 4. The number of aromatic amines is 1. The monoisotopic (exact) mass is 380 g/mol. The van der Waals surface area contributed by atoms with Gasteiger partial charge in [-0.2, -0.15) is 0 Å². The van der Waals surface area contributed by atoms with Crippen molar-refractivity contribution in [3.05, 3.63) is 47.7 Å². The molecule has 1 N–H and O–H groups in total. The van der Waals surface area contributed by atoms with Crippen LogP contribution in [0, 0.1) is 11.8 Å². The van der Waals surface area contributed by atoms with Crippen molar-refractivity contribution in [1.29, 1.82) is 0 Å². The van der Waals surface area contributed by atoms with E-state index in [1.54, 1.807) is 0 Å². The normalized spacial score (nSPS) is 23.1. The zero-order valence-corrected chi connectivity index (χ0v) is 16.6. The first-order valence-electron chi connectivity index (χ1n) is 10.2. The Morgan fingerprint density at radius 2 is 2.14 bits per heavy atom. The number of carbonyl (C=O) groups is 2. The van der Waals surface area contributed by atoms with E-state index in [0.29, 0.717) is 13.0 Å². The maximum absolute atomic E-state index is 12.8. The molecule has 2 aromatic rings. The summed E-state index contributed by atoms with van der Waals surface area (Å²) < 4.78 is 5.12. The Kier molecular flexibility index (Phi) is 5.36. The Morgan fingerprint density at radius 3 is 2.89 bits per heavy atom. The van der Waals surface area contributed by atoms with E-state index in [-0.39, 0.29) is 29.6 Å². The minimum Gasteiger partial charge on any atom is -0.468 e. The second kappa shape index (κ2) is 7.92. The number of nitrogens with zero attached hydrogens (tertiary/aromatic N) is 1. The average molecular weight is 380 g/mol. The lowest BCUT2D eigenvalue weighted by atomic mass is 9.97. The molecule has 0 saturated carbocycles. The number of para-hydroxylation sites is 1. The minimum atomic E-state index is -0.366. The molecular formula is C23H28N2O3. The fourth-order valence-electron chi connectivity index (χ4n) is 4.72. The topological polar surface area (TPSA) is 62.4 Å². The number of carbonyl (C=O) groups excluding carboxylic acids is 2. The first kappa shape index (κ1) is 18.9. The van der Waals surface area contributed by atoms with E-state index in [9.17, 15) is 9.59 Å². The van der Waals surface area contributed by atoms with Gasteiger partial charge in [-0.25, -0.2) is 0 Å². The molecule has 0 spiro atoms. The zero-order valence-electron chi connectivity index (χ0n) is 16.6. The van der Waals surface area contributed by atoms with Crippen LogP contribution in [0.4, 0.5) is 0 Å². The highest BCUT2D eigenvalue weighted by Crippen LogP contribution is 2.37. The molecule has 1 aliphatic carbocycles. The van der Waals surface area contributed by atoms with Gasteiger partial charge in [-0.05, 0) is 30.0 Å². The summed E-state index contributed by atoms with van der Waals surface area (Å²) >= 11 is 0. The number of unbranched alkanes of at least 4 members (excludes halogenated alkanes) is 1. The fraction of sp³-hybridized carbons (Fsp3) is 0.478. The van der Waals surface area contributed by atoms with Crippen LogP contribution in [0.1, 0.15) is 31.7 Å². The second-order valence-electron chi connectivity index (χ2n) is 7.99.